The second-order valence-corrected chi connectivity index (χ2v) is 3.36. The van der Waals surface area contributed by atoms with Gasteiger partial charge in [0.1, 0.15) is 0 Å². The van der Waals surface area contributed by atoms with E-state index in [9.17, 15) is 0 Å². The van der Waals surface area contributed by atoms with Crippen molar-refractivity contribution in [2.45, 2.75) is 0 Å². The van der Waals surface area contributed by atoms with E-state index in [2.05, 4.69) is 9.88 Å². The summed E-state index contributed by atoms with van der Waals surface area (Å²) in [5, 5.41) is 0. The summed E-state index contributed by atoms with van der Waals surface area (Å²) in [4.78, 5) is 4.20. The third-order valence-corrected chi connectivity index (χ3v) is 2.66. The fraction of sp³-hybridized carbons (Fsp3) is 0.333. The van der Waals surface area contributed by atoms with E-state index < -0.39 is 0 Å². The zero-order chi connectivity index (χ0) is 6.10. The Morgan fingerprint density at radius 3 is 2.10 bits per heavy atom. The van der Waals surface area contributed by atoms with E-state index in [1.54, 1.807) is 0 Å². The Bertz CT molecular complexity index is 191. The predicted octanol–water partition coefficient (Wildman–Crippen LogP) is 0.134. The molecule has 1 radical (unpaired) electrons. The Balaban J connectivity index is 0.000000500. The number of fused-ring (bicyclic) bond motifs is 1. The Labute approximate surface area is 87.6 Å². The van der Waals surface area contributed by atoms with E-state index in [1.165, 1.54) is 0 Å². The molecule has 10 heavy (non-hydrogen) atoms. The number of rotatable bonds is 0. The van der Waals surface area contributed by atoms with Crippen LogP contribution in [0.2, 0.25) is 0 Å². The van der Waals surface area contributed by atoms with Gasteiger partial charge >= 0.3 is 58.6 Å². The summed E-state index contributed by atoms with van der Waals surface area (Å²) in [5.41, 5.74) is 0. The molecule has 0 atom stereocenters. The molecule has 1 aromatic rings. The first-order valence-corrected chi connectivity index (χ1v) is 4.76. The van der Waals surface area contributed by atoms with Gasteiger partial charge in [-0.05, 0) is 0 Å². The van der Waals surface area contributed by atoms with Crippen molar-refractivity contribution in [2.75, 3.05) is 13.2 Å². The van der Waals surface area contributed by atoms with Crippen molar-refractivity contribution in [2.24, 2.45) is 0 Å². The SMILES string of the molecule is [Na].c1[se]cc2c1OCCO2. The van der Waals surface area contributed by atoms with Crippen LogP contribution in [0, 0.1) is 0 Å². The monoisotopic (exact) mass is 213 g/mol. The van der Waals surface area contributed by atoms with Crippen LogP contribution in [-0.4, -0.2) is 57.3 Å². The molecule has 0 unspecified atom stereocenters. The van der Waals surface area contributed by atoms with Gasteiger partial charge in [-0.2, -0.15) is 0 Å². The second kappa shape index (κ2) is 3.84. The fourth-order valence-corrected chi connectivity index (χ4v) is 2.22. The summed E-state index contributed by atoms with van der Waals surface area (Å²) < 4.78 is 10.6. The van der Waals surface area contributed by atoms with Gasteiger partial charge in [0.05, 0.1) is 0 Å². The Morgan fingerprint density at radius 1 is 1.10 bits per heavy atom. The van der Waals surface area contributed by atoms with Crippen LogP contribution in [0.25, 0.3) is 0 Å². The van der Waals surface area contributed by atoms with Crippen LogP contribution in [0.4, 0.5) is 0 Å². The van der Waals surface area contributed by atoms with Gasteiger partial charge < -0.3 is 0 Å². The van der Waals surface area contributed by atoms with Crippen molar-refractivity contribution in [1.29, 1.82) is 0 Å². The molecule has 4 heteroatoms. The Hall–Kier alpha value is 0.599. The average molecular weight is 212 g/mol. The molecule has 0 saturated heterocycles. The van der Waals surface area contributed by atoms with Crippen molar-refractivity contribution in [3.8, 4) is 11.5 Å². The molecule has 0 aliphatic carbocycles. The van der Waals surface area contributed by atoms with Crippen molar-refractivity contribution < 1.29 is 9.47 Å². The first-order valence-electron chi connectivity index (χ1n) is 2.78. The van der Waals surface area contributed by atoms with Gasteiger partial charge in [-0.3, -0.25) is 0 Å². The maximum atomic E-state index is 5.29. The summed E-state index contributed by atoms with van der Waals surface area (Å²) in [6.45, 7) is 1.42. The van der Waals surface area contributed by atoms with Gasteiger partial charge in [-0.15, -0.1) is 0 Å². The number of hydrogen-bond acceptors (Lipinski definition) is 2. The molecule has 2 nitrogen and oxygen atoms in total. The third-order valence-electron chi connectivity index (χ3n) is 1.19. The van der Waals surface area contributed by atoms with Gasteiger partial charge in [-0.25, -0.2) is 0 Å². The molecule has 0 aromatic carbocycles. The fourth-order valence-electron chi connectivity index (χ4n) is 0.787. The van der Waals surface area contributed by atoms with Gasteiger partial charge in [0.15, 0.2) is 0 Å². The van der Waals surface area contributed by atoms with Gasteiger partial charge in [0.25, 0.3) is 0 Å². The van der Waals surface area contributed by atoms with E-state index in [-0.39, 0.29) is 29.6 Å². The van der Waals surface area contributed by atoms with Crippen LogP contribution < -0.4 is 9.47 Å². The molecule has 0 bridgehead atoms. The zero-order valence-electron chi connectivity index (χ0n) is 5.79. The number of hydrogen-bond donors (Lipinski definition) is 0. The van der Waals surface area contributed by atoms with Gasteiger partial charge in [0.2, 0.25) is 0 Å². The minimum absolute atomic E-state index is 0. The Morgan fingerprint density at radius 2 is 1.60 bits per heavy atom. The van der Waals surface area contributed by atoms with Crippen LogP contribution in [0.15, 0.2) is 9.88 Å². The van der Waals surface area contributed by atoms with E-state index in [0.29, 0.717) is 27.7 Å². The van der Waals surface area contributed by atoms with Crippen molar-refractivity contribution in [1.82, 2.24) is 0 Å². The van der Waals surface area contributed by atoms with Crippen molar-refractivity contribution >= 4 is 44.1 Å². The molecule has 49 valence electrons. The van der Waals surface area contributed by atoms with Crippen LogP contribution in [0.3, 0.4) is 0 Å². The normalized spacial score (nSPS) is 14.0. The molecule has 1 aromatic heterocycles. The number of ether oxygens (including phenoxy) is 2. The van der Waals surface area contributed by atoms with E-state index >= 15 is 0 Å². The summed E-state index contributed by atoms with van der Waals surface area (Å²) in [5.74, 6) is 1.92. The maximum absolute atomic E-state index is 5.29. The van der Waals surface area contributed by atoms with Crippen molar-refractivity contribution in [3.05, 3.63) is 9.88 Å². The van der Waals surface area contributed by atoms with E-state index in [4.69, 9.17) is 9.47 Å². The summed E-state index contributed by atoms with van der Waals surface area (Å²) in [6, 6.07) is 0. The van der Waals surface area contributed by atoms with Gasteiger partial charge in [-0.1, -0.05) is 0 Å². The van der Waals surface area contributed by atoms with E-state index in [1.807, 2.05) is 0 Å². The first-order chi connectivity index (χ1) is 4.47. The van der Waals surface area contributed by atoms with Gasteiger partial charge in [0, 0.05) is 29.6 Å². The van der Waals surface area contributed by atoms with Crippen LogP contribution in [0.1, 0.15) is 0 Å². The van der Waals surface area contributed by atoms with Crippen LogP contribution >= 0.6 is 0 Å². The van der Waals surface area contributed by atoms with Crippen LogP contribution in [0.5, 0.6) is 11.5 Å². The molecule has 1 aliphatic heterocycles. The molecule has 1 aliphatic rings. The molecule has 0 saturated carbocycles. The molecular formula is C6H6NaO2Se. The standard InChI is InChI=1S/C6H6O2Se.Na/c1-2-8-6-4-9-3-5(6)7-1;/h3-4H,1-2H2;. The summed E-state index contributed by atoms with van der Waals surface area (Å²) in [6.07, 6.45) is 0. The first kappa shape index (κ1) is 8.69. The minimum atomic E-state index is 0. The van der Waals surface area contributed by atoms with E-state index in [0.717, 1.165) is 11.5 Å². The molecule has 2 heterocycles. The third kappa shape index (κ3) is 1.60. The zero-order valence-corrected chi connectivity index (χ0v) is 9.51. The summed E-state index contributed by atoms with van der Waals surface area (Å²) in [7, 11) is 0. The average Bonchev–Trinajstić information content (AvgIpc) is 2.33. The molecule has 0 spiro atoms. The topological polar surface area (TPSA) is 18.5 Å². The van der Waals surface area contributed by atoms with Crippen LogP contribution in [-0.2, 0) is 0 Å². The Kier molecular flexibility index (Phi) is 3.34. The molecule has 0 amide bonds. The molecular weight excluding hydrogens is 206 g/mol. The predicted molar refractivity (Wildman–Crippen MR) is 40.1 cm³/mol. The quantitative estimate of drug-likeness (QED) is 0.569. The van der Waals surface area contributed by atoms with Crippen molar-refractivity contribution in [3.63, 3.8) is 0 Å². The molecule has 2 rings (SSSR count). The summed E-state index contributed by atoms with van der Waals surface area (Å²) >= 11 is 0.481. The molecule has 0 N–H and O–H groups in total. The second-order valence-electron chi connectivity index (χ2n) is 1.80. The molecule has 0 fully saturated rings.